The van der Waals surface area contributed by atoms with E-state index in [1.54, 1.807) is 42.5 Å². The van der Waals surface area contributed by atoms with Crippen LogP contribution in [0.2, 0.25) is 0 Å². The summed E-state index contributed by atoms with van der Waals surface area (Å²) in [6, 6.07) is 14.0. The number of aromatic hydroxyl groups is 1. The number of carbonyl (C=O) groups is 1. The molecule has 0 radical (unpaired) electrons. The van der Waals surface area contributed by atoms with Crippen molar-refractivity contribution in [3.05, 3.63) is 70.3 Å². The maximum absolute atomic E-state index is 12.6. The van der Waals surface area contributed by atoms with Crippen LogP contribution in [0.4, 0.5) is 0 Å². The Morgan fingerprint density at radius 1 is 1.14 bits per heavy atom. The van der Waals surface area contributed by atoms with Crippen LogP contribution in [0.5, 0.6) is 5.75 Å². The molecule has 0 saturated carbocycles. The maximum atomic E-state index is 12.6. The van der Waals surface area contributed by atoms with E-state index in [4.69, 9.17) is 0 Å². The Labute approximate surface area is 129 Å². The van der Waals surface area contributed by atoms with Crippen LogP contribution in [0.15, 0.2) is 59.2 Å². The second-order valence-corrected chi connectivity index (χ2v) is 5.43. The van der Waals surface area contributed by atoms with Crippen molar-refractivity contribution in [2.24, 2.45) is 0 Å². The quantitative estimate of drug-likeness (QED) is 0.712. The van der Waals surface area contributed by atoms with Gasteiger partial charge >= 0.3 is 0 Å². The number of ketones is 1. The van der Waals surface area contributed by atoms with E-state index in [1.807, 2.05) is 6.07 Å². The van der Waals surface area contributed by atoms with E-state index >= 15 is 0 Å². The molecule has 2 N–H and O–H groups in total. The van der Waals surface area contributed by atoms with E-state index in [-0.39, 0.29) is 11.5 Å². The molecule has 0 spiro atoms. The molecule has 0 aliphatic carbocycles. The molecular weight excluding hydrogens is 332 g/mol. The smallest absolute Gasteiger partial charge is 0.196 e. The summed E-state index contributed by atoms with van der Waals surface area (Å²) in [6.07, 6.45) is 1.48. The average molecular weight is 343 g/mol. The molecule has 0 aliphatic heterocycles. The van der Waals surface area contributed by atoms with Crippen LogP contribution in [0.25, 0.3) is 11.3 Å². The summed E-state index contributed by atoms with van der Waals surface area (Å²) in [6.45, 7) is 0. The number of benzene rings is 2. The van der Waals surface area contributed by atoms with Gasteiger partial charge in [0.25, 0.3) is 0 Å². The zero-order chi connectivity index (χ0) is 14.8. The van der Waals surface area contributed by atoms with Crippen molar-refractivity contribution >= 4 is 21.7 Å². The Balaban J connectivity index is 2.08. The fourth-order valence-electron chi connectivity index (χ4n) is 2.13. The molecule has 0 fully saturated rings. The van der Waals surface area contributed by atoms with E-state index < -0.39 is 0 Å². The second kappa shape index (κ2) is 5.54. The number of hydrogen-bond donors (Lipinski definition) is 2. The largest absolute Gasteiger partial charge is 0.507 e. The van der Waals surface area contributed by atoms with Gasteiger partial charge in [-0.15, -0.1) is 0 Å². The van der Waals surface area contributed by atoms with Gasteiger partial charge in [0.2, 0.25) is 0 Å². The Morgan fingerprint density at radius 2 is 1.95 bits per heavy atom. The fraction of sp³-hybridized carbons (Fsp3) is 0. The first kappa shape index (κ1) is 13.6. The summed E-state index contributed by atoms with van der Waals surface area (Å²) in [5.74, 6) is -0.0478. The summed E-state index contributed by atoms with van der Waals surface area (Å²) in [4.78, 5) is 12.6. The highest BCUT2D eigenvalue weighted by atomic mass is 79.9. The molecule has 0 amide bonds. The fourth-order valence-corrected chi connectivity index (χ4v) is 2.53. The number of rotatable bonds is 3. The van der Waals surface area contributed by atoms with Gasteiger partial charge in [0, 0.05) is 15.6 Å². The minimum Gasteiger partial charge on any atom is -0.507 e. The van der Waals surface area contributed by atoms with Gasteiger partial charge in [-0.3, -0.25) is 9.89 Å². The molecule has 1 aromatic heterocycles. The van der Waals surface area contributed by atoms with Gasteiger partial charge < -0.3 is 5.11 Å². The number of para-hydroxylation sites is 1. The van der Waals surface area contributed by atoms with Crippen molar-refractivity contribution in [3.63, 3.8) is 0 Å². The second-order valence-electron chi connectivity index (χ2n) is 4.52. The first-order valence-corrected chi connectivity index (χ1v) is 7.08. The van der Waals surface area contributed by atoms with Crippen LogP contribution in [0, 0.1) is 0 Å². The molecule has 1 heterocycles. The third-order valence-corrected chi connectivity index (χ3v) is 3.64. The van der Waals surface area contributed by atoms with E-state index in [2.05, 4.69) is 26.1 Å². The summed E-state index contributed by atoms with van der Waals surface area (Å²) in [7, 11) is 0. The van der Waals surface area contributed by atoms with Crippen LogP contribution < -0.4 is 0 Å². The highest BCUT2D eigenvalue weighted by Gasteiger charge is 2.18. The van der Waals surface area contributed by atoms with Gasteiger partial charge in [0.15, 0.2) is 5.78 Å². The zero-order valence-electron chi connectivity index (χ0n) is 10.9. The number of hydrogen-bond acceptors (Lipinski definition) is 3. The van der Waals surface area contributed by atoms with Crippen LogP contribution in [-0.2, 0) is 0 Å². The number of phenolic OH excluding ortho intramolecular Hbond substituents is 1. The molecule has 0 saturated heterocycles. The van der Waals surface area contributed by atoms with Gasteiger partial charge in [0.1, 0.15) is 5.75 Å². The highest BCUT2D eigenvalue weighted by molar-refractivity contribution is 9.10. The van der Waals surface area contributed by atoms with Crippen molar-refractivity contribution in [1.82, 2.24) is 10.2 Å². The maximum Gasteiger partial charge on any atom is 0.196 e. The van der Waals surface area contributed by atoms with Gasteiger partial charge in [-0.2, -0.15) is 5.10 Å². The summed E-state index contributed by atoms with van der Waals surface area (Å²) < 4.78 is 0.834. The lowest BCUT2D eigenvalue weighted by molar-refractivity contribution is 0.103. The Morgan fingerprint density at radius 3 is 2.71 bits per heavy atom. The summed E-state index contributed by atoms with van der Waals surface area (Å²) in [5, 5.41) is 16.7. The predicted molar refractivity (Wildman–Crippen MR) is 83.3 cm³/mol. The van der Waals surface area contributed by atoms with E-state index in [1.165, 1.54) is 6.20 Å². The number of carbonyl (C=O) groups excluding carboxylic acids is 1. The minimum absolute atomic E-state index is 0.102. The Bertz CT molecular complexity index is 811. The van der Waals surface area contributed by atoms with Crippen molar-refractivity contribution in [3.8, 4) is 17.0 Å². The molecule has 3 aromatic rings. The molecule has 5 heteroatoms. The number of halogens is 1. The molecule has 104 valence electrons. The number of nitrogens with zero attached hydrogens (tertiary/aromatic N) is 1. The van der Waals surface area contributed by atoms with Crippen molar-refractivity contribution < 1.29 is 9.90 Å². The Kier molecular flexibility index (Phi) is 3.58. The number of aromatic nitrogens is 2. The normalized spacial score (nSPS) is 10.5. The number of H-pyrrole nitrogens is 1. The zero-order valence-corrected chi connectivity index (χ0v) is 12.5. The third kappa shape index (κ3) is 2.60. The van der Waals surface area contributed by atoms with E-state index in [0.29, 0.717) is 22.4 Å². The minimum atomic E-state index is -0.150. The molecule has 0 unspecified atom stereocenters. The van der Waals surface area contributed by atoms with Gasteiger partial charge in [-0.05, 0) is 24.3 Å². The SMILES string of the molecule is O=C(c1cccc(Br)c1)c1cn[nH]c1-c1ccccc1O. The monoisotopic (exact) mass is 342 g/mol. The van der Waals surface area contributed by atoms with Gasteiger partial charge in [0.05, 0.1) is 17.5 Å². The molecule has 0 bridgehead atoms. The summed E-state index contributed by atoms with van der Waals surface area (Å²) in [5.41, 5.74) is 2.04. The van der Waals surface area contributed by atoms with E-state index in [9.17, 15) is 9.90 Å². The van der Waals surface area contributed by atoms with Crippen LogP contribution in [0.1, 0.15) is 15.9 Å². The molecule has 3 rings (SSSR count). The molecule has 2 aromatic carbocycles. The van der Waals surface area contributed by atoms with Crippen LogP contribution >= 0.6 is 15.9 Å². The predicted octanol–water partition coefficient (Wildman–Crippen LogP) is 3.78. The van der Waals surface area contributed by atoms with Crippen molar-refractivity contribution in [2.75, 3.05) is 0 Å². The average Bonchev–Trinajstić information content (AvgIpc) is 2.96. The third-order valence-electron chi connectivity index (χ3n) is 3.14. The number of aromatic amines is 1. The lowest BCUT2D eigenvalue weighted by atomic mass is 10.00. The van der Waals surface area contributed by atoms with Crippen molar-refractivity contribution in [2.45, 2.75) is 0 Å². The number of nitrogens with one attached hydrogen (secondary N) is 1. The van der Waals surface area contributed by atoms with Gasteiger partial charge in [-0.25, -0.2) is 0 Å². The first-order chi connectivity index (χ1) is 10.2. The highest BCUT2D eigenvalue weighted by Crippen LogP contribution is 2.30. The standard InChI is InChI=1S/C16H11BrN2O2/c17-11-5-3-4-10(8-11)16(21)13-9-18-19-15(13)12-6-1-2-7-14(12)20/h1-9,20H,(H,18,19). The summed E-state index contributed by atoms with van der Waals surface area (Å²) >= 11 is 3.35. The van der Waals surface area contributed by atoms with Crippen molar-refractivity contribution in [1.29, 1.82) is 0 Å². The number of phenols is 1. The first-order valence-electron chi connectivity index (χ1n) is 6.29. The van der Waals surface area contributed by atoms with Crippen LogP contribution in [0.3, 0.4) is 0 Å². The van der Waals surface area contributed by atoms with Crippen LogP contribution in [-0.4, -0.2) is 21.1 Å². The molecular formula is C16H11BrN2O2. The van der Waals surface area contributed by atoms with Gasteiger partial charge in [-0.1, -0.05) is 40.2 Å². The molecule has 0 atom stereocenters. The lowest BCUT2D eigenvalue weighted by Gasteiger charge is -2.05. The molecule has 21 heavy (non-hydrogen) atoms. The van der Waals surface area contributed by atoms with E-state index in [0.717, 1.165) is 4.47 Å². The molecule has 0 aliphatic rings. The molecule has 4 nitrogen and oxygen atoms in total. The lowest BCUT2D eigenvalue weighted by Crippen LogP contribution is -2.02. The topological polar surface area (TPSA) is 66.0 Å². The Hall–Kier alpha value is -2.40.